The van der Waals surface area contributed by atoms with Crippen LogP contribution in [0, 0.1) is 0 Å². The predicted octanol–water partition coefficient (Wildman–Crippen LogP) is 4.86. The quantitative estimate of drug-likeness (QED) is 0.606. The van der Waals surface area contributed by atoms with Gasteiger partial charge in [-0.2, -0.15) is 0 Å². The van der Waals surface area contributed by atoms with Crippen LogP contribution in [-0.4, -0.2) is 19.8 Å². The van der Waals surface area contributed by atoms with Crippen molar-refractivity contribution < 1.29 is 9.47 Å². The molecule has 3 nitrogen and oxygen atoms in total. The average molecular weight is 370 g/mol. The highest BCUT2D eigenvalue weighted by molar-refractivity contribution is 6.30. The molecular weight excluding hydrogens is 345 g/mol. The molecule has 5 heteroatoms. The molecule has 24 heavy (non-hydrogen) atoms. The van der Waals surface area contributed by atoms with Crippen LogP contribution in [0.5, 0.6) is 5.75 Å². The summed E-state index contributed by atoms with van der Waals surface area (Å²) in [6.45, 7) is 5.95. The molecule has 2 rings (SSSR count). The van der Waals surface area contributed by atoms with E-state index in [1.165, 1.54) is 5.56 Å². The summed E-state index contributed by atoms with van der Waals surface area (Å²) in [6.07, 6.45) is 1.03. The van der Waals surface area contributed by atoms with Crippen molar-refractivity contribution in [3.8, 4) is 5.75 Å². The molecule has 0 atom stereocenters. The number of benzene rings is 2. The second kappa shape index (κ2) is 12.2. The third-order valence-corrected chi connectivity index (χ3v) is 3.64. The zero-order valence-corrected chi connectivity index (χ0v) is 15.5. The zero-order valence-electron chi connectivity index (χ0n) is 14.0. The van der Waals surface area contributed by atoms with Crippen LogP contribution >= 0.6 is 24.0 Å². The lowest BCUT2D eigenvalue weighted by molar-refractivity contribution is 0.144. The molecule has 0 aliphatic heterocycles. The number of nitrogens with one attached hydrogen (secondary N) is 1. The normalized spacial score (nSPS) is 10.2. The van der Waals surface area contributed by atoms with Gasteiger partial charge in [-0.15, -0.1) is 12.4 Å². The molecule has 0 saturated carbocycles. The standard InChI is InChI=1S/C19H24ClNO2.ClH/c1-2-22-12-4-11-21-14-17-5-3-6-19(13-17)23-15-16-7-9-18(20)10-8-16;/h3,5-10,13,21H,2,4,11-12,14-15H2,1H3;1H. The lowest BCUT2D eigenvalue weighted by Crippen LogP contribution is -2.16. The highest BCUT2D eigenvalue weighted by Crippen LogP contribution is 2.16. The molecule has 0 aromatic heterocycles. The number of ether oxygens (including phenoxy) is 2. The van der Waals surface area contributed by atoms with Gasteiger partial charge in [0.1, 0.15) is 12.4 Å². The molecule has 1 N–H and O–H groups in total. The first-order valence-corrected chi connectivity index (χ1v) is 8.40. The second-order valence-corrected chi connectivity index (χ2v) is 5.73. The summed E-state index contributed by atoms with van der Waals surface area (Å²) in [4.78, 5) is 0. The van der Waals surface area contributed by atoms with Crippen LogP contribution in [0.4, 0.5) is 0 Å². The van der Waals surface area contributed by atoms with Gasteiger partial charge in [0.2, 0.25) is 0 Å². The van der Waals surface area contributed by atoms with Crippen LogP contribution < -0.4 is 10.1 Å². The molecule has 0 spiro atoms. The highest BCUT2D eigenvalue weighted by atomic mass is 35.5. The molecular formula is C19H25Cl2NO2. The minimum Gasteiger partial charge on any atom is -0.489 e. The van der Waals surface area contributed by atoms with Gasteiger partial charge >= 0.3 is 0 Å². The molecule has 0 amide bonds. The van der Waals surface area contributed by atoms with Gasteiger partial charge in [0.15, 0.2) is 0 Å². The van der Waals surface area contributed by atoms with E-state index in [4.69, 9.17) is 21.1 Å². The third kappa shape index (κ3) is 8.02. The fraction of sp³-hybridized carbons (Fsp3) is 0.368. The van der Waals surface area contributed by atoms with Crippen molar-refractivity contribution in [3.63, 3.8) is 0 Å². The van der Waals surface area contributed by atoms with Crippen molar-refractivity contribution in [1.29, 1.82) is 0 Å². The first-order chi connectivity index (χ1) is 11.3. The molecule has 0 unspecified atom stereocenters. The summed E-state index contributed by atoms with van der Waals surface area (Å²) in [5.74, 6) is 0.883. The summed E-state index contributed by atoms with van der Waals surface area (Å²) in [7, 11) is 0. The van der Waals surface area contributed by atoms with Crippen LogP contribution in [0.15, 0.2) is 48.5 Å². The Morgan fingerprint density at radius 3 is 2.58 bits per heavy atom. The fourth-order valence-electron chi connectivity index (χ4n) is 2.17. The van der Waals surface area contributed by atoms with Crippen LogP contribution in [0.3, 0.4) is 0 Å². The maximum atomic E-state index is 5.88. The monoisotopic (exact) mass is 369 g/mol. The number of hydrogen-bond acceptors (Lipinski definition) is 3. The van der Waals surface area contributed by atoms with Gasteiger partial charge in [0.05, 0.1) is 0 Å². The molecule has 2 aromatic rings. The van der Waals surface area contributed by atoms with Crippen LogP contribution in [0.2, 0.25) is 5.02 Å². The summed E-state index contributed by atoms with van der Waals surface area (Å²) >= 11 is 5.88. The Morgan fingerprint density at radius 1 is 1.04 bits per heavy atom. The SMILES string of the molecule is CCOCCCNCc1cccc(OCc2ccc(Cl)cc2)c1.Cl. The van der Waals surface area contributed by atoms with Gasteiger partial charge in [0.25, 0.3) is 0 Å². The van der Waals surface area contributed by atoms with Crippen molar-refractivity contribution in [1.82, 2.24) is 5.32 Å². The molecule has 0 aliphatic rings. The van der Waals surface area contributed by atoms with Crippen LogP contribution in [-0.2, 0) is 17.9 Å². The van der Waals surface area contributed by atoms with Crippen molar-refractivity contribution in [2.24, 2.45) is 0 Å². The minimum atomic E-state index is 0. The average Bonchev–Trinajstić information content (AvgIpc) is 2.58. The molecule has 0 aliphatic carbocycles. The Hall–Kier alpha value is -1.26. The second-order valence-electron chi connectivity index (χ2n) is 5.29. The largest absolute Gasteiger partial charge is 0.489 e. The Bertz CT molecular complexity index is 576. The third-order valence-electron chi connectivity index (χ3n) is 3.39. The van der Waals surface area contributed by atoms with E-state index in [0.29, 0.717) is 6.61 Å². The molecule has 2 aromatic carbocycles. The van der Waals surface area contributed by atoms with Crippen molar-refractivity contribution in [2.75, 3.05) is 19.8 Å². The molecule has 0 saturated heterocycles. The van der Waals surface area contributed by atoms with Gasteiger partial charge in [0, 0.05) is 24.8 Å². The van der Waals surface area contributed by atoms with Gasteiger partial charge in [-0.3, -0.25) is 0 Å². The smallest absolute Gasteiger partial charge is 0.120 e. The molecule has 132 valence electrons. The van der Waals surface area contributed by atoms with Crippen LogP contribution in [0.25, 0.3) is 0 Å². The van der Waals surface area contributed by atoms with E-state index >= 15 is 0 Å². The maximum Gasteiger partial charge on any atom is 0.120 e. The lowest BCUT2D eigenvalue weighted by Gasteiger charge is -2.09. The highest BCUT2D eigenvalue weighted by Gasteiger charge is 1.99. The predicted molar refractivity (Wildman–Crippen MR) is 102 cm³/mol. The van der Waals surface area contributed by atoms with E-state index in [2.05, 4.69) is 17.4 Å². The molecule has 0 bridgehead atoms. The molecule has 0 fully saturated rings. The number of hydrogen-bond donors (Lipinski definition) is 1. The van der Waals surface area contributed by atoms with Gasteiger partial charge in [-0.05, 0) is 55.3 Å². The van der Waals surface area contributed by atoms with E-state index in [1.54, 1.807) is 0 Å². The maximum absolute atomic E-state index is 5.88. The van der Waals surface area contributed by atoms with E-state index < -0.39 is 0 Å². The Kier molecular flexibility index (Phi) is 10.5. The Labute approximate surface area is 155 Å². The Morgan fingerprint density at radius 2 is 1.83 bits per heavy atom. The Balaban J connectivity index is 0.00000288. The minimum absolute atomic E-state index is 0. The summed E-state index contributed by atoms with van der Waals surface area (Å²) in [5.41, 5.74) is 2.32. The molecule has 0 radical (unpaired) electrons. The first-order valence-electron chi connectivity index (χ1n) is 8.02. The van der Waals surface area contributed by atoms with Crippen molar-refractivity contribution >= 4 is 24.0 Å². The summed E-state index contributed by atoms with van der Waals surface area (Å²) in [5, 5.41) is 4.16. The lowest BCUT2D eigenvalue weighted by atomic mass is 10.2. The van der Waals surface area contributed by atoms with Gasteiger partial charge < -0.3 is 14.8 Å². The zero-order chi connectivity index (χ0) is 16.3. The van der Waals surface area contributed by atoms with Crippen LogP contribution in [0.1, 0.15) is 24.5 Å². The summed E-state index contributed by atoms with van der Waals surface area (Å²) in [6, 6.07) is 15.9. The summed E-state index contributed by atoms with van der Waals surface area (Å²) < 4.78 is 11.2. The van der Waals surface area contributed by atoms with E-state index in [0.717, 1.165) is 49.1 Å². The van der Waals surface area contributed by atoms with Crippen molar-refractivity contribution in [2.45, 2.75) is 26.5 Å². The van der Waals surface area contributed by atoms with Gasteiger partial charge in [-0.25, -0.2) is 0 Å². The van der Waals surface area contributed by atoms with E-state index in [-0.39, 0.29) is 12.4 Å². The van der Waals surface area contributed by atoms with Crippen molar-refractivity contribution in [3.05, 3.63) is 64.7 Å². The van der Waals surface area contributed by atoms with E-state index in [9.17, 15) is 0 Å². The topological polar surface area (TPSA) is 30.5 Å². The number of rotatable bonds is 10. The first kappa shape index (κ1) is 20.8. The number of halogens is 2. The van der Waals surface area contributed by atoms with Gasteiger partial charge in [-0.1, -0.05) is 35.9 Å². The fourth-order valence-corrected chi connectivity index (χ4v) is 2.29. The van der Waals surface area contributed by atoms with E-state index in [1.807, 2.05) is 43.3 Å². The molecule has 0 heterocycles.